The van der Waals surface area contributed by atoms with E-state index in [9.17, 15) is 9.59 Å². The van der Waals surface area contributed by atoms with Crippen molar-refractivity contribution in [3.05, 3.63) is 83.9 Å². The first kappa shape index (κ1) is 19.6. The maximum absolute atomic E-state index is 12.6. The van der Waals surface area contributed by atoms with Crippen LogP contribution in [-0.2, 0) is 16.0 Å². The summed E-state index contributed by atoms with van der Waals surface area (Å²) in [6.07, 6.45) is 0.845. The lowest BCUT2D eigenvalue weighted by atomic mass is 10.0. The number of nitrogens with one attached hydrogen (secondary N) is 1. The molecule has 2 atom stereocenters. The number of hydrogen-bond acceptors (Lipinski definition) is 3. The van der Waals surface area contributed by atoms with E-state index in [2.05, 4.69) is 17.4 Å². The van der Waals surface area contributed by atoms with E-state index in [0.29, 0.717) is 5.56 Å². The lowest BCUT2D eigenvalue weighted by molar-refractivity contribution is -0.129. The van der Waals surface area contributed by atoms with Gasteiger partial charge < -0.3 is 10.1 Å². The molecule has 3 aromatic rings. The second-order valence-corrected chi connectivity index (χ2v) is 7.01. The molecule has 0 fully saturated rings. The highest BCUT2D eigenvalue weighted by molar-refractivity contribution is 6.05. The Morgan fingerprint density at radius 2 is 1.57 bits per heavy atom. The van der Waals surface area contributed by atoms with Gasteiger partial charge in [0.1, 0.15) is 0 Å². The van der Waals surface area contributed by atoms with Crippen LogP contribution < -0.4 is 5.32 Å². The summed E-state index contributed by atoms with van der Waals surface area (Å²) in [5.41, 5.74) is 1.70. The Labute approximate surface area is 165 Å². The standard InChI is InChI=1S/C24H25NO3/c1-17(15-16-19-9-4-3-5-10-19)25-23(26)18(2)28-24(27)22-14-8-12-20-11-6-7-13-21(20)22/h3-14,17-18H,15-16H2,1-2H3,(H,25,26)/t17-,18+/m0/s1. The zero-order valence-corrected chi connectivity index (χ0v) is 16.2. The number of ether oxygens (including phenoxy) is 1. The summed E-state index contributed by atoms with van der Waals surface area (Å²) in [7, 11) is 0. The van der Waals surface area contributed by atoms with Gasteiger partial charge in [-0.2, -0.15) is 0 Å². The molecule has 0 aliphatic rings. The highest BCUT2D eigenvalue weighted by atomic mass is 16.5. The monoisotopic (exact) mass is 375 g/mol. The fourth-order valence-electron chi connectivity index (χ4n) is 3.14. The Morgan fingerprint density at radius 1 is 0.893 bits per heavy atom. The van der Waals surface area contributed by atoms with Gasteiger partial charge in [0.05, 0.1) is 5.56 Å². The summed E-state index contributed by atoms with van der Waals surface area (Å²) >= 11 is 0. The molecule has 0 aliphatic heterocycles. The van der Waals surface area contributed by atoms with Crippen LogP contribution in [0.4, 0.5) is 0 Å². The van der Waals surface area contributed by atoms with Gasteiger partial charge in [0.2, 0.25) is 0 Å². The molecule has 0 heterocycles. The van der Waals surface area contributed by atoms with Crippen molar-refractivity contribution in [2.45, 2.75) is 38.8 Å². The zero-order chi connectivity index (χ0) is 19.9. The number of hydrogen-bond donors (Lipinski definition) is 1. The fourth-order valence-corrected chi connectivity index (χ4v) is 3.14. The molecular weight excluding hydrogens is 350 g/mol. The van der Waals surface area contributed by atoms with Crippen LogP contribution in [0.2, 0.25) is 0 Å². The predicted molar refractivity (Wildman–Crippen MR) is 111 cm³/mol. The second kappa shape index (κ2) is 9.18. The third kappa shape index (κ3) is 4.97. The summed E-state index contributed by atoms with van der Waals surface area (Å²) in [5.74, 6) is -0.773. The Hall–Kier alpha value is -3.14. The van der Waals surface area contributed by atoms with E-state index in [0.717, 1.165) is 23.6 Å². The molecule has 144 valence electrons. The summed E-state index contributed by atoms with van der Waals surface area (Å²) in [6.45, 7) is 3.56. The SMILES string of the molecule is C[C@@H](CCc1ccccc1)NC(=O)[C@@H](C)OC(=O)c1cccc2ccccc12. The molecule has 0 radical (unpaired) electrons. The molecule has 0 spiro atoms. The first-order valence-corrected chi connectivity index (χ1v) is 9.57. The molecule has 28 heavy (non-hydrogen) atoms. The van der Waals surface area contributed by atoms with Crippen molar-refractivity contribution in [1.29, 1.82) is 0 Å². The lowest BCUT2D eigenvalue weighted by Crippen LogP contribution is -2.41. The van der Waals surface area contributed by atoms with Gasteiger partial charge in [-0.1, -0.05) is 66.7 Å². The van der Waals surface area contributed by atoms with Gasteiger partial charge in [0.15, 0.2) is 6.10 Å². The Morgan fingerprint density at radius 3 is 2.36 bits per heavy atom. The number of esters is 1. The van der Waals surface area contributed by atoms with Crippen molar-refractivity contribution in [3.8, 4) is 0 Å². The molecule has 1 N–H and O–H groups in total. The van der Waals surface area contributed by atoms with Gasteiger partial charge in [-0.25, -0.2) is 4.79 Å². The van der Waals surface area contributed by atoms with Crippen molar-refractivity contribution >= 4 is 22.6 Å². The molecular formula is C24H25NO3. The molecule has 0 bridgehead atoms. The highest BCUT2D eigenvalue weighted by Crippen LogP contribution is 2.19. The average Bonchev–Trinajstić information content (AvgIpc) is 2.72. The lowest BCUT2D eigenvalue weighted by Gasteiger charge is -2.18. The molecule has 0 aliphatic carbocycles. The van der Waals surface area contributed by atoms with E-state index in [-0.39, 0.29) is 11.9 Å². The molecule has 4 heteroatoms. The Bertz CT molecular complexity index is 947. The third-order valence-corrected chi connectivity index (χ3v) is 4.76. The van der Waals surface area contributed by atoms with Crippen LogP contribution in [0.15, 0.2) is 72.8 Å². The molecule has 0 saturated heterocycles. The van der Waals surface area contributed by atoms with E-state index >= 15 is 0 Å². The third-order valence-electron chi connectivity index (χ3n) is 4.76. The summed E-state index contributed by atoms with van der Waals surface area (Å²) in [5, 5.41) is 4.71. The summed E-state index contributed by atoms with van der Waals surface area (Å²) in [4.78, 5) is 25.0. The molecule has 3 aromatic carbocycles. The van der Waals surface area contributed by atoms with E-state index in [1.165, 1.54) is 5.56 Å². The van der Waals surface area contributed by atoms with Crippen molar-refractivity contribution in [2.24, 2.45) is 0 Å². The smallest absolute Gasteiger partial charge is 0.339 e. The molecule has 0 aromatic heterocycles. The number of carbonyl (C=O) groups excluding carboxylic acids is 2. The molecule has 0 unspecified atom stereocenters. The number of fused-ring (bicyclic) bond motifs is 1. The van der Waals surface area contributed by atoms with Crippen LogP contribution in [0.3, 0.4) is 0 Å². The minimum Gasteiger partial charge on any atom is -0.449 e. The summed E-state index contributed by atoms with van der Waals surface area (Å²) < 4.78 is 5.42. The largest absolute Gasteiger partial charge is 0.449 e. The molecule has 3 rings (SSSR count). The first-order valence-electron chi connectivity index (χ1n) is 9.57. The zero-order valence-electron chi connectivity index (χ0n) is 16.2. The van der Waals surface area contributed by atoms with E-state index < -0.39 is 12.1 Å². The van der Waals surface area contributed by atoms with E-state index in [4.69, 9.17) is 4.74 Å². The summed E-state index contributed by atoms with van der Waals surface area (Å²) in [6, 6.07) is 23.2. The number of rotatable bonds is 7. The Balaban J connectivity index is 1.55. The number of aryl methyl sites for hydroxylation is 1. The van der Waals surface area contributed by atoms with Crippen molar-refractivity contribution in [1.82, 2.24) is 5.32 Å². The predicted octanol–water partition coefficient (Wildman–Crippen LogP) is 4.52. The van der Waals surface area contributed by atoms with Crippen LogP contribution in [-0.4, -0.2) is 24.0 Å². The maximum atomic E-state index is 12.6. The van der Waals surface area contributed by atoms with Gasteiger partial charge >= 0.3 is 5.97 Å². The van der Waals surface area contributed by atoms with Crippen LogP contribution >= 0.6 is 0 Å². The molecule has 4 nitrogen and oxygen atoms in total. The normalized spacial score (nSPS) is 12.9. The first-order chi connectivity index (χ1) is 13.5. The van der Waals surface area contributed by atoms with Gasteiger partial charge in [0.25, 0.3) is 5.91 Å². The minimum absolute atomic E-state index is 0.00795. The number of amides is 1. The van der Waals surface area contributed by atoms with Crippen molar-refractivity contribution < 1.29 is 14.3 Å². The van der Waals surface area contributed by atoms with Crippen LogP contribution in [0.1, 0.15) is 36.2 Å². The highest BCUT2D eigenvalue weighted by Gasteiger charge is 2.21. The van der Waals surface area contributed by atoms with Crippen molar-refractivity contribution in [2.75, 3.05) is 0 Å². The number of benzene rings is 3. The van der Waals surface area contributed by atoms with Crippen molar-refractivity contribution in [3.63, 3.8) is 0 Å². The second-order valence-electron chi connectivity index (χ2n) is 7.01. The average molecular weight is 375 g/mol. The Kier molecular flexibility index (Phi) is 6.43. The van der Waals surface area contributed by atoms with E-state index in [1.807, 2.05) is 61.5 Å². The van der Waals surface area contributed by atoms with Gasteiger partial charge in [-0.15, -0.1) is 0 Å². The number of carbonyl (C=O) groups is 2. The van der Waals surface area contributed by atoms with Crippen LogP contribution in [0, 0.1) is 0 Å². The minimum atomic E-state index is -0.856. The van der Waals surface area contributed by atoms with E-state index in [1.54, 1.807) is 13.0 Å². The quantitative estimate of drug-likeness (QED) is 0.618. The van der Waals surface area contributed by atoms with Crippen LogP contribution in [0.25, 0.3) is 10.8 Å². The fraction of sp³-hybridized carbons (Fsp3) is 0.250. The van der Waals surface area contributed by atoms with Crippen LogP contribution in [0.5, 0.6) is 0 Å². The maximum Gasteiger partial charge on any atom is 0.339 e. The van der Waals surface area contributed by atoms with Gasteiger partial charge in [-0.3, -0.25) is 4.79 Å². The topological polar surface area (TPSA) is 55.4 Å². The van der Waals surface area contributed by atoms with Gasteiger partial charge in [0, 0.05) is 6.04 Å². The molecule has 0 saturated carbocycles. The van der Waals surface area contributed by atoms with Gasteiger partial charge in [-0.05, 0) is 49.1 Å². The molecule has 1 amide bonds.